The van der Waals surface area contributed by atoms with E-state index < -0.39 is 42.3 Å². The van der Waals surface area contributed by atoms with Crippen molar-refractivity contribution >= 4 is 11.7 Å². The number of aliphatic carboxylic acids is 1. The van der Waals surface area contributed by atoms with Gasteiger partial charge in [-0.05, 0) is 36.8 Å². The van der Waals surface area contributed by atoms with E-state index in [0.717, 1.165) is 6.07 Å². The Bertz CT molecular complexity index is 911. The van der Waals surface area contributed by atoms with Gasteiger partial charge in [-0.2, -0.15) is 26.3 Å². The van der Waals surface area contributed by atoms with Crippen LogP contribution >= 0.6 is 0 Å². The zero-order chi connectivity index (χ0) is 22.8. The van der Waals surface area contributed by atoms with Crippen LogP contribution in [0.2, 0.25) is 0 Å². The lowest BCUT2D eigenvalue weighted by molar-refractivity contribution is -0.169. The first-order chi connectivity index (χ1) is 14.4. The molecule has 0 bridgehead atoms. The van der Waals surface area contributed by atoms with Gasteiger partial charge in [0.1, 0.15) is 12.4 Å². The van der Waals surface area contributed by atoms with Crippen LogP contribution in [0.15, 0.2) is 48.5 Å². The van der Waals surface area contributed by atoms with Crippen LogP contribution in [-0.2, 0) is 17.6 Å². The molecular weight excluding hydrogens is 428 g/mol. The van der Waals surface area contributed by atoms with Crippen molar-refractivity contribution in [1.82, 2.24) is 0 Å². The molecule has 0 amide bonds. The van der Waals surface area contributed by atoms with Crippen molar-refractivity contribution in [3.63, 3.8) is 0 Å². The van der Waals surface area contributed by atoms with Crippen LogP contribution in [0.1, 0.15) is 24.0 Å². The summed E-state index contributed by atoms with van der Waals surface area (Å²) in [6, 6.07) is 9.99. The quantitative estimate of drug-likeness (QED) is 0.593. The summed E-state index contributed by atoms with van der Waals surface area (Å²) in [7, 11) is 0. The van der Waals surface area contributed by atoms with Gasteiger partial charge in [0.05, 0.1) is 17.9 Å². The normalized spacial score (nSPS) is 19.5. The minimum Gasteiger partial charge on any atom is -0.489 e. The van der Waals surface area contributed by atoms with Gasteiger partial charge in [0, 0.05) is 23.8 Å². The third-order valence-corrected chi connectivity index (χ3v) is 5.17. The zero-order valence-corrected chi connectivity index (χ0v) is 16.1. The van der Waals surface area contributed by atoms with E-state index in [1.165, 1.54) is 47.4 Å². The molecule has 1 N–H and O–H groups in total. The van der Waals surface area contributed by atoms with Gasteiger partial charge in [0.15, 0.2) is 0 Å². The number of alkyl halides is 6. The molecule has 168 valence electrons. The predicted octanol–water partition coefficient (Wildman–Crippen LogP) is 5.52. The average molecular weight is 447 g/mol. The van der Waals surface area contributed by atoms with Gasteiger partial charge in [-0.15, -0.1) is 0 Å². The summed E-state index contributed by atoms with van der Waals surface area (Å²) >= 11 is 0. The van der Waals surface area contributed by atoms with E-state index in [2.05, 4.69) is 0 Å². The highest BCUT2D eigenvalue weighted by Gasteiger charge is 2.47. The molecule has 0 saturated carbocycles. The van der Waals surface area contributed by atoms with Gasteiger partial charge in [-0.3, -0.25) is 4.79 Å². The number of hydrogen-bond acceptors (Lipinski definition) is 3. The third-order valence-electron chi connectivity index (χ3n) is 5.17. The van der Waals surface area contributed by atoms with E-state index in [-0.39, 0.29) is 30.9 Å². The summed E-state index contributed by atoms with van der Waals surface area (Å²) < 4.78 is 84.0. The van der Waals surface area contributed by atoms with Crippen LogP contribution in [-0.4, -0.2) is 29.8 Å². The minimum atomic E-state index is -4.52. The van der Waals surface area contributed by atoms with E-state index >= 15 is 0 Å². The van der Waals surface area contributed by atoms with Crippen molar-refractivity contribution in [2.24, 2.45) is 5.92 Å². The Morgan fingerprint density at radius 1 is 1.03 bits per heavy atom. The molecule has 2 aromatic rings. The van der Waals surface area contributed by atoms with Crippen LogP contribution in [0, 0.1) is 5.92 Å². The fourth-order valence-electron chi connectivity index (χ4n) is 3.68. The number of carbonyl (C=O) groups is 1. The van der Waals surface area contributed by atoms with Gasteiger partial charge >= 0.3 is 18.3 Å². The minimum absolute atomic E-state index is 0.0480. The Morgan fingerprint density at radius 3 is 2.26 bits per heavy atom. The van der Waals surface area contributed by atoms with Crippen LogP contribution in [0.4, 0.5) is 32.0 Å². The molecule has 0 aliphatic carbocycles. The standard InChI is InChI=1S/C21H19F6NO3/c22-20(23,24)14-9-16(10-19(29)30)28(11-14)15-5-7-17(8-6-15)31-12-13-3-1-2-4-18(13)21(25,26)27/h1-8,14,16H,9-12H2,(H,29,30). The molecule has 0 radical (unpaired) electrons. The van der Waals surface area contributed by atoms with Crippen molar-refractivity contribution in [3.05, 3.63) is 59.7 Å². The van der Waals surface area contributed by atoms with Gasteiger partial charge in [0.25, 0.3) is 0 Å². The molecular formula is C21H19F6NO3. The van der Waals surface area contributed by atoms with Crippen LogP contribution in [0.5, 0.6) is 5.75 Å². The molecule has 1 fully saturated rings. The van der Waals surface area contributed by atoms with E-state index in [9.17, 15) is 31.1 Å². The number of anilines is 1. The Morgan fingerprint density at radius 2 is 1.68 bits per heavy atom. The number of carboxylic acids is 1. The highest BCUT2D eigenvalue weighted by Crippen LogP contribution is 2.40. The topological polar surface area (TPSA) is 49.8 Å². The van der Waals surface area contributed by atoms with Crippen molar-refractivity contribution in [2.75, 3.05) is 11.4 Å². The molecule has 0 aromatic heterocycles. The monoisotopic (exact) mass is 447 g/mol. The maximum atomic E-state index is 13.1. The predicted molar refractivity (Wildman–Crippen MR) is 99.8 cm³/mol. The maximum absolute atomic E-state index is 13.1. The molecule has 1 aliphatic rings. The van der Waals surface area contributed by atoms with Gasteiger partial charge in [-0.25, -0.2) is 0 Å². The summed E-state index contributed by atoms with van der Waals surface area (Å²) in [5, 5.41) is 9.02. The van der Waals surface area contributed by atoms with Crippen LogP contribution < -0.4 is 9.64 Å². The second-order valence-electron chi connectivity index (χ2n) is 7.32. The number of carboxylic acid groups (broad SMARTS) is 1. The first-order valence-electron chi connectivity index (χ1n) is 9.38. The first kappa shape index (κ1) is 22.8. The SMILES string of the molecule is O=C(O)CC1CC(C(F)(F)F)CN1c1ccc(OCc2ccccc2C(F)(F)F)cc1. The Balaban J connectivity index is 1.72. The molecule has 3 rings (SSSR count). The number of halogens is 6. The first-order valence-corrected chi connectivity index (χ1v) is 9.38. The molecule has 10 heteroatoms. The average Bonchev–Trinajstić information content (AvgIpc) is 3.10. The highest BCUT2D eigenvalue weighted by atomic mass is 19.4. The molecule has 1 aliphatic heterocycles. The lowest BCUT2D eigenvalue weighted by atomic mass is 10.0. The largest absolute Gasteiger partial charge is 0.489 e. The second kappa shape index (κ2) is 8.68. The summed E-state index contributed by atoms with van der Waals surface area (Å²) in [5.41, 5.74) is -0.465. The number of ether oxygens (including phenoxy) is 1. The number of benzene rings is 2. The van der Waals surface area contributed by atoms with Crippen LogP contribution in [0.25, 0.3) is 0 Å². The second-order valence-corrected chi connectivity index (χ2v) is 7.32. The van der Waals surface area contributed by atoms with Crippen molar-refractivity contribution in [3.8, 4) is 5.75 Å². The molecule has 2 atom stereocenters. The molecule has 4 nitrogen and oxygen atoms in total. The molecule has 2 aromatic carbocycles. The Hall–Kier alpha value is -2.91. The Labute approximate surface area is 174 Å². The van der Waals surface area contributed by atoms with Gasteiger partial charge in [0.2, 0.25) is 0 Å². The fourth-order valence-corrected chi connectivity index (χ4v) is 3.68. The van der Waals surface area contributed by atoms with Crippen LogP contribution in [0.3, 0.4) is 0 Å². The van der Waals surface area contributed by atoms with E-state index in [4.69, 9.17) is 9.84 Å². The van der Waals surface area contributed by atoms with Gasteiger partial charge in [-0.1, -0.05) is 18.2 Å². The van der Waals surface area contributed by atoms with E-state index in [1.807, 2.05) is 0 Å². The molecule has 31 heavy (non-hydrogen) atoms. The maximum Gasteiger partial charge on any atom is 0.416 e. The highest BCUT2D eigenvalue weighted by molar-refractivity contribution is 5.69. The van der Waals surface area contributed by atoms with E-state index in [0.29, 0.717) is 5.69 Å². The van der Waals surface area contributed by atoms with Crippen molar-refractivity contribution in [1.29, 1.82) is 0 Å². The lowest BCUT2D eigenvalue weighted by Gasteiger charge is -2.26. The summed E-state index contributed by atoms with van der Waals surface area (Å²) in [5.74, 6) is -2.59. The Kier molecular flexibility index (Phi) is 6.38. The molecule has 1 saturated heterocycles. The summed E-state index contributed by atoms with van der Waals surface area (Å²) in [4.78, 5) is 12.5. The number of nitrogens with zero attached hydrogens (tertiary/aromatic N) is 1. The molecule has 2 unspecified atom stereocenters. The summed E-state index contributed by atoms with van der Waals surface area (Å²) in [6.45, 7) is -0.697. The lowest BCUT2D eigenvalue weighted by Crippen LogP contribution is -2.32. The van der Waals surface area contributed by atoms with Gasteiger partial charge < -0.3 is 14.7 Å². The van der Waals surface area contributed by atoms with E-state index in [1.54, 1.807) is 0 Å². The fraction of sp³-hybridized carbons (Fsp3) is 0.381. The zero-order valence-electron chi connectivity index (χ0n) is 16.1. The van der Waals surface area contributed by atoms with Crippen molar-refractivity contribution in [2.45, 2.75) is 37.8 Å². The summed E-state index contributed by atoms with van der Waals surface area (Å²) in [6.07, 6.45) is -9.70. The molecule has 0 spiro atoms. The third kappa shape index (κ3) is 5.62. The molecule has 1 heterocycles. The smallest absolute Gasteiger partial charge is 0.416 e. The number of rotatable bonds is 6. The number of hydrogen-bond donors (Lipinski definition) is 1. The van der Waals surface area contributed by atoms with Crippen molar-refractivity contribution < 1.29 is 41.0 Å².